The van der Waals surface area contributed by atoms with Crippen molar-refractivity contribution in [3.05, 3.63) is 61.1 Å². The number of ether oxygens (including phenoxy) is 1. The standard InChI is InChI=1S/C16H16Cl2INO/c1-3-20-16(10-5-4-6-11(19)7-10)12-8-14(18)15(21-2)9-13(12)17/h4-9,16,20H,3H2,1-2H3. The Hall–Kier alpha value is -0.490. The zero-order valence-corrected chi connectivity index (χ0v) is 15.5. The third kappa shape index (κ3) is 4.03. The molecule has 0 aliphatic heterocycles. The first-order valence-corrected chi connectivity index (χ1v) is 8.42. The molecular formula is C16H16Cl2INO. The molecule has 0 aliphatic rings. The van der Waals surface area contributed by atoms with E-state index in [1.165, 1.54) is 3.57 Å². The summed E-state index contributed by atoms with van der Waals surface area (Å²) in [6.07, 6.45) is 0. The molecule has 0 saturated carbocycles. The summed E-state index contributed by atoms with van der Waals surface area (Å²) < 4.78 is 6.39. The van der Waals surface area contributed by atoms with E-state index in [1.807, 2.05) is 12.1 Å². The van der Waals surface area contributed by atoms with Crippen molar-refractivity contribution in [2.24, 2.45) is 0 Å². The van der Waals surface area contributed by atoms with E-state index >= 15 is 0 Å². The molecule has 5 heteroatoms. The number of nitrogens with one attached hydrogen (secondary N) is 1. The minimum atomic E-state index is 0.000576. The van der Waals surface area contributed by atoms with Crippen molar-refractivity contribution < 1.29 is 4.74 Å². The Kier molecular flexibility index (Phi) is 6.17. The fourth-order valence-electron chi connectivity index (χ4n) is 2.22. The SMILES string of the molecule is CCNC(c1cccc(I)c1)c1cc(Cl)c(OC)cc1Cl. The van der Waals surface area contributed by atoms with E-state index < -0.39 is 0 Å². The fourth-order valence-corrected chi connectivity index (χ4v) is 3.30. The molecule has 0 spiro atoms. The van der Waals surface area contributed by atoms with Gasteiger partial charge in [-0.1, -0.05) is 42.3 Å². The highest BCUT2D eigenvalue weighted by molar-refractivity contribution is 14.1. The maximum atomic E-state index is 6.42. The molecule has 2 nitrogen and oxygen atoms in total. The number of methoxy groups -OCH3 is 1. The molecule has 0 bridgehead atoms. The Morgan fingerprint density at radius 2 is 1.95 bits per heavy atom. The van der Waals surface area contributed by atoms with Crippen LogP contribution in [0, 0.1) is 3.57 Å². The van der Waals surface area contributed by atoms with Crippen molar-refractivity contribution in [1.82, 2.24) is 5.32 Å². The van der Waals surface area contributed by atoms with Crippen LogP contribution in [0.2, 0.25) is 10.0 Å². The summed E-state index contributed by atoms with van der Waals surface area (Å²) in [5, 5.41) is 4.66. The zero-order valence-electron chi connectivity index (χ0n) is 11.8. The summed E-state index contributed by atoms with van der Waals surface area (Å²) in [5.74, 6) is 0.586. The number of benzene rings is 2. The first-order chi connectivity index (χ1) is 10.1. The quantitative estimate of drug-likeness (QED) is 0.643. The summed E-state index contributed by atoms with van der Waals surface area (Å²) in [4.78, 5) is 0. The minimum absolute atomic E-state index is 0.000576. The Bertz CT molecular complexity index is 634. The van der Waals surface area contributed by atoms with Crippen molar-refractivity contribution in [2.75, 3.05) is 13.7 Å². The van der Waals surface area contributed by atoms with E-state index in [-0.39, 0.29) is 6.04 Å². The van der Waals surface area contributed by atoms with Crippen LogP contribution in [0.4, 0.5) is 0 Å². The van der Waals surface area contributed by atoms with Crippen LogP contribution in [0.5, 0.6) is 5.75 Å². The van der Waals surface area contributed by atoms with Crippen molar-refractivity contribution in [2.45, 2.75) is 13.0 Å². The van der Waals surface area contributed by atoms with E-state index in [0.29, 0.717) is 15.8 Å². The van der Waals surface area contributed by atoms with Gasteiger partial charge < -0.3 is 10.1 Å². The van der Waals surface area contributed by atoms with Gasteiger partial charge in [-0.05, 0) is 58.5 Å². The molecule has 0 fully saturated rings. The highest BCUT2D eigenvalue weighted by Crippen LogP contribution is 2.36. The van der Waals surface area contributed by atoms with Crippen LogP contribution in [0.3, 0.4) is 0 Å². The van der Waals surface area contributed by atoms with Gasteiger partial charge in [0.25, 0.3) is 0 Å². The maximum Gasteiger partial charge on any atom is 0.138 e. The molecule has 2 aromatic rings. The zero-order chi connectivity index (χ0) is 15.4. The summed E-state index contributed by atoms with van der Waals surface area (Å²) in [7, 11) is 1.58. The van der Waals surface area contributed by atoms with Crippen LogP contribution >= 0.6 is 45.8 Å². The molecule has 2 rings (SSSR count). The third-order valence-corrected chi connectivity index (χ3v) is 4.47. The van der Waals surface area contributed by atoms with Crippen LogP contribution in [0.1, 0.15) is 24.1 Å². The Morgan fingerprint density at radius 1 is 1.19 bits per heavy atom. The molecule has 1 atom stereocenters. The predicted molar refractivity (Wildman–Crippen MR) is 97.7 cm³/mol. The van der Waals surface area contributed by atoms with Crippen molar-refractivity contribution >= 4 is 45.8 Å². The van der Waals surface area contributed by atoms with E-state index in [0.717, 1.165) is 17.7 Å². The Balaban J connectivity index is 2.50. The van der Waals surface area contributed by atoms with E-state index in [2.05, 4.69) is 53.0 Å². The van der Waals surface area contributed by atoms with Gasteiger partial charge in [0.2, 0.25) is 0 Å². The first-order valence-electron chi connectivity index (χ1n) is 6.58. The second kappa shape index (κ2) is 7.68. The largest absolute Gasteiger partial charge is 0.495 e. The lowest BCUT2D eigenvalue weighted by Gasteiger charge is -2.21. The third-order valence-electron chi connectivity index (χ3n) is 3.17. The molecule has 0 aromatic heterocycles. The van der Waals surface area contributed by atoms with Gasteiger partial charge >= 0.3 is 0 Å². The monoisotopic (exact) mass is 435 g/mol. The highest BCUT2D eigenvalue weighted by atomic mass is 127. The van der Waals surface area contributed by atoms with Crippen molar-refractivity contribution in [1.29, 1.82) is 0 Å². The molecule has 0 amide bonds. The average Bonchev–Trinajstić information content (AvgIpc) is 2.47. The van der Waals surface area contributed by atoms with Crippen molar-refractivity contribution in [3.8, 4) is 5.75 Å². The highest BCUT2D eigenvalue weighted by Gasteiger charge is 2.18. The molecule has 1 unspecified atom stereocenters. The van der Waals surface area contributed by atoms with Gasteiger partial charge in [0.15, 0.2) is 0 Å². The van der Waals surface area contributed by atoms with Crippen LogP contribution in [-0.4, -0.2) is 13.7 Å². The Labute approximate surface area is 148 Å². The summed E-state index contributed by atoms with van der Waals surface area (Å²) in [5.41, 5.74) is 2.11. The van der Waals surface area contributed by atoms with E-state index in [4.69, 9.17) is 27.9 Å². The molecule has 0 heterocycles. The number of hydrogen-bond donors (Lipinski definition) is 1. The molecule has 1 N–H and O–H groups in total. The van der Waals surface area contributed by atoms with Crippen LogP contribution in [-0.2, 0) is 0 Å². The number of halogens is 3. The number of rotatable bonds is 5. The molecule has 0 aliphatic carbocycles. The Morgan fingerprint density at radius 3 is 2.57 bits per heavy atom. The maximum absolute atomic E-state index is 6.42. The van der Waals surface area contributed by atoms with Crippen LogP contribution in [0.25, 0.3) is 0 Å². The fraction of sp³-hybridized carbons (Fsp3) is 0.250. The molecule has 112 valence electrons. The van der Waals surface area contributed by atoms with Gasteiger partial charge in [0.1, 0.15) is 5.75 Å². The van der Waals surface area contributed by atoms with Gasteiger partial charge in [0.05, 0.1) is 18.2 Å². The van der Waals surface area contributed by atoms with Crippen LogP contribution in [0.15, 0.2) is 36.4 Å². The lowest BCUT2D eigenvalue weighted by Crippen LogP contribution is -2.22. The topological polar surface area (TPSA) is 21.3 Å². The summed E-state index contributed by atoms with van der Waals surface area (Å²) in [6.45, 7) is 2.90. The van der Waals surface area contributed by atoms with Gasteiger partial charge in [-0.25, -0.2) is 0 Å². The lowest BCUT2D eigenvalue weighted by atomic mass is 9.98. The average molecular weight is 436 g/mol. The van der Waals surface area contributed by atoms with Crippen LogP contribution < -0.4 is 10.1 Å². The lowest BCUT2D eigenvalue weighted by molar-refractivity contribution is 0.414. The molecule has 0 saturated heterocycles. The van der Waals surface area contributed by atoms with Gasteiger partial charge in [-0.3, -0.25) is 0 Å². The smallest absolute Gasteiger partial charge is 0.138 e. The molecular weight excluding hydrogens is 420 g/mol. The first kappa shape index (κ1) is 16.9. The predicted octanol–water partition coefficient (Wildman–Crippen LogP) is 5.31. The summed E-state index contributed by atoms with van der Waals surface area (Å²) >= 11 is 15.0. The van der Waals surface area contributed by atoms with Gasteiger partial charge in [0, 0.05) is 14.7 Å². The van der Waals surface area contributed by atoms with Gasteiger partial charge in [-0.2, -0.15) is 0 Å². The number of hydrogen-bond acceptors (Lipinski definition) is 2. The molecule has 21 heavy (non-hydrogen) atoms. The van der Waals surface area contributed by atoms with Crippen molar-refractivity contribution in [3.63, 3.8) is 0 Å². The summed E-state index contributed by atoms with van der Waals surface area (Å²) in [6, 6.07) is 12.0. The second-order valence-electron chi connectivity index (χ2n) is 4.55. The van der Waals surface area contributed by atoms with E-state index in [1.54, 1.807) is 13.2 Å². The molecule has 0 radical (unpaired) electrons. The minimum Gasteiger partial charge on any atom is -0.495 e. The normalized spacial score (nSPS) is 12.2. The molecule has 2 aromatic carbocycles. The van der Waals surface area contributed by atoms with Gasteiger partial charge in [-0.15, -0.1) is 0 Å². The van der Waals surface area contributed by atoms with E-state index in [9.17, 15) is 0 Å². The second-order valence-corrected chi connectivity index (χ2v) is 6.61.